The largest absolute Gasteiger partial charge is 0.409 e. The van der Waals surface area contributed by atoms with Crippen molar-refractivity contribution < 1.29 is 5.21 Å². The summed E-state index contributed by atoms with van der Waals surface area (Å²) in [4.78, 5) is 2.46. The van der Waals surface area contributed by atoms with E-state index in [0.29, 0.717) is 12.0 Å². The highest BCUT2D eigenvalue weighted by molar-refractivity contribution is 5.97. The summed E-state index contributed by atoms with van der Waals surface area (Å²) in [7, 11) is 0. The first-order chi connectivity index (χ1) is 9.53. The van der Waals surface area contributed by atoms with Crippen LogP contribution in [0.15, 0.2) is 29.4 Å². The van der Waals surface area contributed by atoms with Crippen molar-refractivity contribution in [2.45, 2.75) is 46.6 Å². The number of anilines is 1. The molecular formula is C16H27N3O. The standard InChI is InChI=1S/C16H27N3O/c1-5-14(6-2)19(11-12(3)4)15-9-7-13(8-10-15)16(17)18-20/h7-10,12,14,20H,5-6,11H2,1-4H3,(H2,17,18). The first-order valence-corrected chi connectivity index (χ1v) is 7.38. The van der Waals surface area contributed by atoms with E-state index in [0.717, 1.165) is 24.9 Å². The van der Waals surface area contributed by atoms with Crippen molar-refractivity contribution in [1.82, 2.24) is 0 Å². The molecule has 1 aromatic carbocycles. The molecule has 0 aliphatic heterocycles. The summed E-state index contributed by atoms with van der Waals surface area (Å²) in [5.74, 6) is 0.758. The molecule has 0 saturated heterocycles. The predicted molar refractivity (Wildman–Crippen MR) is 85.5 cm³/mol. The van der Waals surface area contributed by atoms with Crippen molar-refractivity contribution in [2.75, 3.05) is 11.4 Å². The van der Waals surface area contributed by atoms with Crippen molar-refractivity contribution in [2.24, 2.45) is 16.8 Å². The molecule has 0 fully saturated rings. The molecule has 0 unspecified atom stereocenters. The van der Waals surface area contributed by atoms with Gasteiger partial charge in [0.1, 0.15) is 0 Å². The second kappa shape index (κ2) is 7.78. The Morgan fingerprint density at radius 3 is 2.15 bits per heavy atom. The maximum absolute atomic E-state index is 8.70. The Morgan fingerprint density at radius 2 is 1.75 bits per heavy atom. The highest BCUT2D eigenvalue weighted by atomic mass is 16.4. The summed E-state index contributed by atoms with van der Waals surface area (Å²) in [6.07, 6.45) is 2.26. The molecule has 0 atom stereocenters. The van der Waals surface area contributed by atoms with Gasteiger partial charge in [-0.1, -0.05) is 32.9 Å². The van der Waals surface area contributed by atoms with Crippen LogP contribution in [0.5, 0.6) is 0 Å². The SMILES string of the molecule is CCC(CC)N(CC(C)C)c1ccc(C(N)=NO)cc1. The summed E-state index contributed by atoms with van der Waals surface area (Å²) in [5.41, 5.74) is 7.54. The van der Waals surface area contributed by atoms with Crippen LogP contribution >= 0.6 is 0 Å². The highest BCUT2D eigenvalue weighted by Gasteiger charge is 2.17. The van der Waals surface area contributed by atoms with Gasteiger partial charge >= 0.3 is 0 Å². The van der Waals surface area contributed by atoms with Crippen LogP contribution in [0.4, 0.5) is 5.69 Å². The quantitative estimate of drug-likeness (QED) is 0.347. The molecule has 0 amide bonds. The fourth-order valence-corrected chi connectivity index (χ4v) is 2.47. The van der Waals surface area contributed by atoms with E-state index in [9.17, 15) is 0 Å². The third-order valence-corrected chi connectivity index (χ3v) is 3.55. The molecule has 0 bridgehead atoms. The van der Waals surface area contributed by atoms with E-state index in [1.165, 1.54) is 5.69 Å². The van der Waals surface area contributed by atoms with Crippen LogP contribution in [0.1, 0.15) is 46.1 Å². The van der Waals surface area contributed by atoms with E-state index >= 15 is 0 Å². The number of oxime groups is 1. The third kappa shape index (κ3) is 4.15. The number of rotatable bonds is 7. The van der Waals surface area contributed by atoms with Gasteiger partial charge in [0.25, 0.3) is 0 Å². The van der Waals surface area contributed by atoms with Crippen molar-refractivity contribution in [3.05, 3.63) is 29.8 Å². The zero-order valence-corrected chi connectivity index (χ0v) is 13.0. The third-order valence-electron chi connectivity index (χ3n) is 3.55. The molecule has 0 aromatic heterocycles. The Bertz CT molecular complexity index is 422. The van der Waals surface area contributed by atoms with E-state index in [4.69, 9.17) is 10.9 Å². The molecular weight excluding hydrogens is 250 g/mol. The van der Waals surface area contributed by atoms with Gasteiger partial charge in [-0.05, 0) is 43.0 Å². The van der Waals surface area contributed by atoms with Gasteiger partial charge in [-0.2, -0.15) is 0 Å². The molecule has 1 aromatic rings. The molecule has 0 heterocycles. The second-order valence-corrected chi connectivity index (χ2v) is 5.55. The summed E-state index contributed by atoms with van der Waals surface area (Å²) in [5, 5.41) is 11.7. The molecule has 3 N–H and O–H groups in total. The number of benzene rings is 1. The van der Waals surface area contributed by atoms with Crippen LogP contribution in [0, 0.1) is 5.92 Å². The van der Waals surface area contributed by atoms with Crippen LogP contribution in [-0.2, 0) is 0 Å². The molecule has 0 radical (unpaired) electrons. The summed E-state index contributed by atoms with van der Waals surface area (Å²) in [6, 6.07) is 8.45. The van der Waals surface area contributed by atoms with E-state index in [1.807, 2.05) is 24.3 Å². The van der Waals surface area contributed by atoms with E-state index in [2.05, 4.69) is 37.8 Å². The zero-order valence-electron chi connectivity index (χ0n) is 13.0. The predicted octanol–water partition coefficient (Wildman–Crippen LogP) is 3.43. The fourth-order valence-electron chi connectivity index (χ4n) is 2.47. The molecule has 1 rings (SSSR count). The van der Waals surface area contributed by atoms with Gasteiger partial charge in [0, 0.05) is 23.8 Å². The molecule has 0 aliphatic rings. The molecule has 4 nitrogen and oxygen atoms in total. The maximum atomic E-state index is 8.70. The van der Waals surface area contributed by atoms with Gasteiger partial charge in [-0.25, -0.2) is 0 Å². The number of hydrogen-bond acceptors (Lipinski definition) is 3. The monoisotopic (exact) mass is 277 g/mol. The van der Waals surface area contributed by atoms with Crippen LogP contribution < -0.4 is 10.6 Å². The van der Waals surface area contributed by atoms with Crippen molar-refractivity contribution >= 4 is 11.5 Å². The van der Waals surface area contributed by atoms with Gasteiger partial charge in [0.05, 0.1) is 0 Å². The molecule has 112 valence electrons. The van der Waals surface area contributed by atoms with Gasteiger partial charge in [0.2, 0.25) is 0 Å². The number of hydrogen-bond donors (Lipinski definition) is 2. The van der Waals surface area contributed by atoms with Crippen molar-refractivity contribution in [1.29, 1.82) is 0 Å². The van der Waals surface area contributed by atoms with E-state index in [1.54, 1.807) is 0 Å². The van der Waals surface area contributed by atoms with E-state index in [-0.39, 0.29) is 5.84 Å². The number of amidine groups is 1. The Kier molecular flexibility index (Phi) is 6.36. The molecule has 0 aliphatic carbocycles. The Labute approximate surface area is 122 Å². The minimum atomic E-state index is 0.148. The first-order valence-electron chi connectivity index (χ1n) is 7.38. The van der Waals surface area contributed by atoms with Crippen LogP contribution in [0.2, 0.25) is 0 Å². The lowest BCUT2D eigenvalue weighted by atomic mass is 10.1. The van der Waals surface area contributed by atoms with Crippen molar-refractivity contribution in [3.8, 4) is 0 Å². The molecule has 20 heavy (non-hydrogen) atoms. The minimum absolute atomic E-state index is 0.148. The normalized spacial score (nSPS) is 12.2. The molecule has 4 heteroatoms. The maximum Gasteiger partial charge on any atom is 0.170 e. The number of nitrogens with zero attached hydrogens (tertiary/aromatic N) is 2. The first kappa shape index (κ1) is 16.3. The zero-order chi connectivity index (χ0) is 15.1. The Hall–Kier alpha value is -1.71. The van der Waals surface area contributed by atoms with Gasteiger partial charge in [0.15, 0.2) is 5.84 Å². The van der Waals surface area contributed by atoms with Gasteiger partial charge in [-0.3, -0.25) is 0 Å². The lowest BCUT2D eigenvalue weighted by Crippen LogP contribution is -2.37. The average molecular weight is 277 g/mol. The second-order valence-electron chi connectivity index (χ2n) is 5.55. The van der Waals surface area contributed by atoms with Crippen LogP contribution in [0.25, 0.3) is 0 Å². The fraction of sp³-hybridized carbons (Fsp3) is 0.562. The van der Waals surface area contributed by atoms with E-state index < -0.39 is 0 Å². The topological polar surface area (TPSA) is 61.8 Å². The summed E-state index contributed by atoms with van der Waals surface area (Å²) < 4.78 is 0. The van der Waals surface area contributed by atoms with Crippen LogP contribution in [-0.4, -0.2) is 23.6 Å². The lowest BCUT2D eigenvalue weighted by molar-refractivity contribution is 0.318. The smallest absolute Gasteiger partial charge is 0.170 e. The molecule has 0 saturated carbocycles. The van der Waals surface area contributed by atoms with Crippen molar-refractivity contribution in [3.63, 3.8) is 0 Å². The molecule has 0 spiro atoms. The highest BCUT2D eigenvalue weighted by Crippen LogP contribution is 2.22. The summed E-state index contributed by atoms with van der Waals surface area (Å²) >= 11 is 0. The Morgan fingerprint density at radius 1 is 1.20 bits per heavy atom. The summed E-state index contributed by atoms with van der Waals surface area (Å²) in [6.45, 7) is 9.97. The average Bonchev–Trinajstić information content (AvgIpc) is 2.46. The number of nitrogens with two attached hydrogens (primary N) is 1. The lowest BCUT2D eigenvalue weighted by Gasteiger charge is -2.34. The Balaban J connectivity index is 3.01. The van der Waals surface area contributed by atoms with Crippen LogP contribution in [0.3, 0.4) is 0 Å². The van der Waals surface area contributed by atoms with Gasteiger partial charge < -0.3 is 15.8 Å². The van der Waals surface area contributed by atoms with Gasteiger partial charge in [-0.15, -0.1) is 0 Å². The minimum Gasteiger partial charge on any atom is -0.409 e.